The molecular formula is C20H17F3N2OS. The number of halogens is 3. The number of alkyl halides is 3. The first kappa shape index (κ1) is 19.1. The summed E-state index contributed by atoms with van der Waals surface area (Å²) in [5.41, 5.74) is 0.332. The van der Waals surface area contributed by atoms with Crippen LogP contribution in [0.15, 0.2) is 66.3 Å². The summed E-state index contributed by atoms with van der Waals surface area (Å²) in [5, 5.41) is 1.97. The fourth-order valence-electron chi connectivity index (χ4n) is 2.65. The Balaban J connectivity index is 1.78. The van der Waals surface area contributed by atoms with Crippen LogP contribution >= 0.6 is 11.3 Å². The van der Waals surface area contributed by atoms with Gasteiger partial charge in [0.25, 0.3) is 5.91 Å². The van der Waals surface area contributed by atoms with Gasteiger partial charge in [-0.15, -0.1) is 11.3 Å². The van der Waals surface area contributed by atoms with Crippen molar-refractivity contribution in [3.8, 4) is 0 Å². The minimum absolute atomic E-state index is 0.234. The average molecular weight is 390 g/mol. The zero-order valence-electron chi connectivity index (χ0n) is 14.3. The molecule has 0 aliphatic carbocycles. The predicted molar refractivity (Wildman–Crippen MR) is 98.4 cm³/mol. The normalized spacial score (nSPS) is 11.4. The molecule has 1 amide bonds. The Bertz CT molecular complexity index is 863. The molecule has 0 radical (unpaired) electrons. The molecule has 3 nitrogen and oxygen atoms in total. The molecule has 0 spiro atoms. The van der Waals surface area contributed by atoms with Gasteiger partial charge in [-0.05, 0) is 53.8 Å². The maximum absolute atomic E-state index is 12.9. The van der Waals surface area contributed by atoms with E-state index >= 15 is 0 Å². The van der Waals surface area contributed by atoms with E-state index < -0.39 is 11.7 Å². The van der Waals surface area contributed by atoms with Gasteiger partial charge in [-0.25, -0.2) is 0 Å². The zero-order valence-corrected chi connectivity index (χ0v) is 15.1. The molecule has 0 atom stereocenters. The minimum atomic E-state index is -4.42. The maximum atomic E-state index is 12.9. The average Bonchev–Trinajstić information content (AvgIpc) is 3.18. The summed E-state index contributed by atoms with van der Waals surface area (Å²) >= 11 is 1.61. The Labute approximate surface area is 159 Å². The van der Waals surface area contributed by atoms with Crippen molar-refractivity contribution in [2.24, 2.45) is 0 Å². The van der Waals surface area contributed by atoms with Crippen LogP contribution in [-0.2, 0) is 19.1 Å². The summed E-state index contributed by atoms with van der Waals surface area (Å²) < 4.78 is 38.2. The van der Waals surface area contributed by atoms with E-state index in [4.69, 9.17) is 0 Å². The lowest BCUT2D eigenvalue weighted by atomic mass is 10.1. The first-order valence-corrected chi connectivity index (χ1v) is 9.19. The van der Waals surface area contributed by atoms with Crippen molar-refractivity contribution in [1.29, 1.82) is 0 Å². The monoisotopic (exact) mass is 390 g/mol. The Hall–Kier alpha value is -2.67. The Morgan fingerprint density at radius 1 is 1.07 bits per heavy atom. The largest absolute Gasteiger partial charge is 0.416 e. The summed E-state index contributed by atoms with van der Waals surface area (Å²) in [6.45, 7) is 0.814. The van der Waals surface area contributed by atoms with Crippen molar-refractivity contribution < 1.29 is 18.0 Å². The summed E-state index contributed by atoms with van der Waals surface area (Å²) in [6.07, 6.45) is -0.407. The second-order valence-corrected chi connectivity index (χ2v) is 7.02. The number of hydrogen-bond donors (Lipinski definition) is 0. The number of hydrogen-bond acceptors (Lipinski definition) is 3. The molecule has 140 valence electrons. The van der Waals surface area contributed by atoms with Crippen LogP contribution in [0.5, 0.6) is 0 Å². The van der Waals surface area contributed by atoms with Gasteiger partial charge in [0.1, 0.15) is 0 Å². The molecular weight excluding hydrogens is 373 g/mol. The molecule has 3 aromatic rings. The molecule has 0 fully saturated rings. The molecule has 2 heterocycles. The van der Waals surface area contributed by atoms with E-state index in [9.17, 15) is 18.0 Å². The van der Waals surface area contributed by atoms with Crippen molar-refractivity contribution in [1.82, 2.24) is 9.88 Å². The quantitative estimate of drug-likeness (QED) is 0.590. The van der Waals surface area contributed by atoms with Crippen LogP contribution in [0.1, 0.15) is 26.4 Å². The molecule has 0 aliphatic heterocycles. The Morgan fingerprint density at radius 3 is 2.44 bits per heavy atom. The van der Waals surface area contributed by atoms with Gasteiger partial charge in [0.2, 0.25) is 0 Å². The van der Waals surface area contributed by atoms with Crippen molar-refractivity contribution in [3.05, 3.63) is 87.9 Å². The molecule has 27 heavy (non-hydrogen) atoms. The number of aromatic nitrogens is 1. The van der Waals surface area contributed by atoms with Gasteiger partial charge in [-0.3, -0.25) is 9.78 Å². The lowest BCUT2D eigenvalue weighted by molar-refractivity contribution is -0.137. The Morgan fingerprint density at radius 2 is 1.85 bits per heavy atom. The number of thiophene rings is 1. The highest BCUT2D eigenvalue weighted by molar-refractivity contribution is 7.09. The molecule has 0 N–H and O–H groups in total. The van der Waals surface area contributed by atoms with E-state index in [0.717, 1.165) is 22.6 Å². The molecule has 3 rings (SSSR count). The Kier molecular flexibility index (Phi) is 5.91. The summed E-state index contributed by atoms with van der Waals surface area (Å²) in [7, 11) is 0. The third-order valence-corrected chi connectivity index (χ3v) is 4.99. The molecule has 0 saturated carbocycles. The van der Waals surface area contributed by atoms with Gasteiger partial charge in [-0.2, -0.15) is 13.2 Å². The molecule has 0 aliphatic rings. The van der Waals surface area contributed by atoms with Crippen LogP contribution in [0, 0.1) is 0 Å². The van der Waals surface area contributed by atoms with Gasteiger partial charge >= 0.3 is 6.18 Å². The van der Waals surface area contributed by atoms with Crippen molar-refractivity contribution in [2.45, 2.75) is 19.1 Å². The summed E-state index contributed by atoms with van der Waals surface area (Å²) in [6, 6.07) is 11.9. The number of nitrogens with zero attached hydrogens (tertiary/aromatic N) is 2. The second kappa shape index (κ2) is 8.35. The number of carbonyl (C=O) groups is 1. The lowest BCUT2D eigenvalue weighted by Gasteiger charge is -2.23. The first-order valence-electron chi connectivity index (χ1n) is 8.31. The van der Waals surface area contributed by atoms with Gasteiger partial charge in [0.15, 0.2) is 0 Å². The third-order valence-electron chi connectivity index (χ3n) is 4.05. The van der Waals surface area contributed by atoms with Crippen LogP contribution in [-0.4, -0.2) is 22.3 Å². The first-order chi connectivity index (χ1) is 12.9. The van der Waals surface area contributed by atoms with Crippen molar-refractivity contribution >= 4 is 17.2 Å². The summed E-state index contributed by atoms with van der Waals surface area (Å²) in [4.78, 5) is 19.7. The predicted octanol–water partition coefficient (Wildman–Crippen LogP) is 5.05. The number of benzene rings is 1. The second-order valence-electron chi connectivity index (χ2n) is 5.99. The molecule has 0 bridgehead atoms. The molecule has 2 aromatic heterocycles. The maximum Gasteiger partial charge on any atom is 0.416 e. The van der Waals surface area contributed by atoms with Crippen LogP contribution in [0.4, 0.5) is 13.2 Å². The van der Waals surface area contributed by atoms with Gasteiger partial charge in [-0.1, -0.05) is 12.1 Å². The SMILES string of the molecule is O=C(c1ccc(C(F)(F)F)cc1)N(CCc1cccs1)Cc1cccnc1. The topological polar surface area (TPSA) is 33.2 Å². The fourth-order valence-corrected chi connectivity index (χ4v) is 3.35. The van der Waals surface area contributed by atoms with Gasteiger partial charge < -0.3 is 4.90 Å². The van der Waals surface area contributed by atoms with E-state index in [1.54, 1.807) is 34.7 Å². The number of pyridine rings is 1. The van der Waals surface area contributed by atoms with Gasteiger partial charge in [0, 0.05) is 35.9 Å². The van der Waals surface area contributed by atoms with E-state index in [-0.39, 0.29) is 11.5 Å². The standard InChI is InChI=1S/C20H17F3N2OS/c21-20(22,23)17-7-5-16(6-8-17)19(26)25(11-9-18-4-2-12-27-18)14-15-3-1-10-24-13-15/h1-8,10,12-13H,9,11,14H2. The molecule has 1 aromatic carbocycles. The third kappa shape index (κ3) is 5.17. The van der Waals surface area contributed by atoms with Crippen LogP contribution in [0.3, 0.4) is 0 Å². The molecule has 7 heteroatoms. The van der Waals surface area contributed by atoms with Crippen molar-refractivity contribution in [2.75, 3.05) is 6.54 Å². The number of amides is 1. The minimum Gasteiger partial charge on any atom is -0.334 e. The fraction of sp³-hybridized carbons (Fsp3) is 0.200. The highest BCUT2D eigenvalue weighted by Crippen LogP contribution is 2.29. The van der Waals surface area contributed by atoms with Crippen LogP contribution < -0.4 is 0 Å². The highest BCUT2D eigenvalue weighted by Gasteiger charge is 2.30. The summed E-state index contributed by atoms with van der Waals surface area (Å²) in [5.74, 6) is -0.302. The smallest absolute Gasteiger partial charge is 0.334 e. The van der Waals surface area contributed by atoms with E-state index in [2.05, 4.69) is 4.98 Å². The lowest BCUT2D eigenvalue weighted by Crippen LogP contribution is -2.32. The highest BCUT2D eigenvalue weighted by atomic mass is 32.1. The zero-order chi connectivity index (χ0) is 19.3. The molecule has 0 unspecified atom stereocenters. The van der Waals surface area contributed by atoms with E-state index in [1.807, 2.05) is 23.6 Å². The number of rotatable bonds is 6. The molecule has 0 saturated heterocycles. The van der Waals surface area contributed by atoms with Crippen molar-refractivity contribution in [3.63, 3.8) is 0 Å². The van der Waals surface area contributed by atoms with E-state index in [1.165, 1.54) is 12.1 Å². The van der Waals surface area contributed by atoms with Gasteiger partial charge in [0.05, 0.1) is 5.56 Å². The van der Waals surface area contributed by atoms with E-state index in [0.29, 0.717) is 19.5 Å². The van der Waals surface area contributed by atoms with Crippen LogP contribution in [0.25, 0.3) is 0 Å². The van der Waals surface area contributed by atoms with Crippen LogP contribution in [0.2, 0.25) is 0 Å². The number of carbonyl (C=O) groups excluding carboxylic acids is 1.